The zero-order chi connectivity index (χ0) is 30.8. The molecule has 8 nitrogen and oxygen atoms in total. The number of carbonyl (C=O) groups is 3. The number of aliphatic hydroxyl groups is 2. The highest BCUT2D eigenvalue weighted by atomic mass is 16.6. The number of rotatable bonds is 28. The van der Waals surface area contributed by atoms with Crippen molar-refractivity contribution in [3.8, 4) is 0 Å². The van der Waals surface area contributed by atoms with Crippen LogP contribution < -0.4 is 0 Å². The molecule has 1 aliphatic heterocycles. The average molecular weight is 597 g/mol. The summed E-state index contributed by atoms with van der Waals surface area (Å²) in [7, 11) is 0. The Morgan fingerprint density at radius 1 is 0.643 bits per heavy atom. The molecule has 0 unspecified atom stereocenters. The van der Waals surface area contributed by atoms with E-state index >= 15 is 0 Å². The monoisotopic (exact) mass is 596 g/mol. The van der Waals surface area contributed by atoms with Crippen molar-refractivity contribution < 1.29 is 38.8 Å². The topological polar surface area (TPSA) is 119 Å². The lowest BCUT2D eigenvalue weighted by Crippen LogP contribution is -2.38. The highest BCUT2D eigenvalue weighted by Crippen LogP contribution is 2.24. The van der Waals surface area contributed by atoms with Gasteiger partial charge in [0.1, 0.15) is 6.61 Å². The second-order valence-corrected chi connectivity index (χ2v) is 11.8. The fraction of sp³-hybridized carbons (Fsp3) is 0.853. The summed E-state index contributed by atoms with van der Waals surface area (Å²) in [5.74, 6) is -3.69. The van der Waals surface area contributed by atoms with Crippen molar-refractivity contribution in [1.82, 2.24) is 0 Å². The SMILES string of the molecule is CCCCCCCCCCCCCC(=O)OC[C@H](OC(=O)CCCCCCCCCCCCC)[C@H]1OC(=O)C(O)=C1O. The van der Waals surface area contributed by atoms with Gasteiger partial charge in [0.05, 0.1) is 0 Å². The number of ether oxygens (including phenoxy) is 3. The lowest BCUT2D eigenvalue weighted by Gasteiger charge is -2.22. The van der Waals surface area contributed by atoms with Crippen molar-refractivity contribution in [2.45, 2.75) is 180 Å². The summed E-state index contributed by atoms with van der Waals surface area (Å²) in [6.07, 6.45) is 23.5. The lowest BCUT2D eigenvalue weighted by molar-refractivity contribution is -0.171. The summed E-state index contributed by atoms with van der Waals surface area (Å²) in [5.41, 5.74) is 0. The minimum Gasteiger partial charge on any atom is -0.505 e. The van der Waals surface area contributed by atoms with Gasteiger partial charge in [-0.1, -0.05) is 142 Å². The van der Waals surface area contributed by atoms with E-state index in [4.69, 9.17) is 14.2 Å². The summed E-state index contributed by atoms with van der Waals surface area (Å²) >= 11 is 0. The molecule has 0 aromatic rings. The van der Waals surface area contributed by atoms with Gasteiger partial charge < -0.3 is 24.4 Å². The zero-order valence-electron chi connectivity index (χ0n) is 26.7. The van der Waals surface area contributed by atoms with Crippen LogP contribution in [-0.2, 0) is 28.6 Å². The van der Waals surface area contributed by atoms with Crippen molar-refractivity contribution >= 4 is 17.9 Å². The standard InChI is InChI=1S/C34H60O8/c1-3-5-7-9-11-13-15-17-19-21-23-25-29(35)40-27-28(33-31(37)32(38)34(39)42-33)41-30(36)26-24-22-20-18-16-14-12-10-8-6-4-2/h28,33,37-38H,3-27H2,1-2H3/t28-,33+/m0/s1. The van der Waals surface area contributed by atoms with Crippen LogP contribution in [0.4, 0.5) is 0 Å². The predicted octanol–water partition coefficient (Wildman–Crippen LogP) is 9.10. The van der Waals surface area contributed by atoms with Gasteiger partial charge in [-0.15, -0.1) is 0 Å². The van der Waals surface area contributed by atoms with Gasteiger partial charge in [-0.2, -0.15) is 0 Å². The number of hydrogen-bond donors (Lipinski definition) is 2. The number of carbonyl (C=O) groups excluding carboxylic acids is 3. The molecule has 2 N–H and O–H groups in total. The second kappa shape index (κ2) is 25.3. The number of unbranched alkanes of at least 4 members (excludes halogenated alkanes) is 20. The quantitative estimate of drug-likeness (QED) is 0.0521. The molecular weight excluding hydrogens is 536 g/mol. The van der Waals surface area contributed by atoms with Gasteiger partial charge in [0.25, 0.3) is 0 Å². The molecule has 0 aliphatic carbocycles. The Kier molecular flexibility index (Phi) is 22.7. The molecule has 0 spiro atoms. The number of cyclic esters (lactones) is 1. The Balaban J connectivity index is 2.28. The van der Waals surface area contributed by atoms with Crippen molar-refractivity contribution in [3.05, 3.63) is 11.5 Å². The van der Waals surface area contributed by atoms with Crippen LogP contribution in [0.1, 0.15) is 168 Å². The fourth-order valence-electron chi connectivity index (χ4n) is 5.24. The van der Waals surface area contributed by atoms with Crippen molar-refractivity contribution in [3.63, 3.8) is 0 Å². The molecule has 0 fully saturated rings. The Labute approximate surface area is 255 Å². The Bertz CT molecular complexity index is 763. The Morgan fingerprint density at radius 2 is 1.02 bits per heavy atom. The van der Waals surface area contributed by atoms with Crippen LogP contribution in [0, 0.1) is 0 Å². The largest absolute Gasteiger partial charge is 0.505 e. The highest BCUT2D eigenvalue weighted by Gasteiger charge is 2.42. The maximum absolute atomic E-state index is 12.5. The maximum Gasteiger partial charge on any atom is 0.378 e. The second-order valence-electron chi connectivity index (χ2n) is 11.8. The summed E-state index contributed by atoms with van der Waals surface area (Å²) in [6.45, 7) is 4.08. The normalized spacial score (nSPS) is 15.6. The Hall–Kier alpha value is -2.25. The molecular formula is C34H60O8. The first-order valence-corrected chi connectivity index (χ1v) is 17.1. The minimum atomic E-state index is -1.39. The molecule has 0 bridgehead atoms. The van der Waals surface area contributed by atoms with Crippen LogP contribution in [-0.4, -0.2) is 46.9 Å². The van der Waals surface area contributed by atoms with Gasteiger partial charge in [-0.05, 0) is 12.8 Å². The third-order valence-corrected chi connectivity index (χ3v) is 7.94. The van der Waals surface area contributed by atoms with E-state index in [0.29, 0.717) is 12.8 Å². The van der Waals surface area contributed by atoms with E-state index in [1.54, 1.807) is 0 Å². The molecule has 0 amide bonds. The fourth-order valence-corrected chi connectivity index (χ4v) is 5.24. The molecule has 1 rings (SSSR count). The lowest BCUT2D eigenvalue weighted by atomic mass is 10.1. The van der Waals surface area contributed by atoms with Gasteiger partial charge in [-0.25, -0.2) is 4.79 Å². The molecule has 42 heavy (non-hydrogen) atoms. The number of aliphatic hydroxyl groups excluding tert-OH is 2. The molecule has 8 heteroatoms. The molecule has 244 valence electrons. The van der Waals surface area contributed by atoms with Crippen LogP contribution in [0.3, 0.4) is 0 Å². The van der Waals surface area contributed by atoms with Crippen molar-refractivity contribution in [2.24, 2.45) is 0 Å². The molecule has 0 radical (unpaired) electrons. The van der Waals surface area contributed by atoms with E-state index in [2.05, 4.69) is 13.8 Å². The molecule has 1 heterocycles. The summed E-state index contributed by atoms with van der Waals surface area (Å²) in [4.78, 5) is 36.5. The third kappa shape index (κ3) is 18.3. The van der Waals surface area contributed by atoms with Gasteiger partial charge in [0.2, 0.25) is 11.9 Å². The van der Waals surface area contributed by atoms with E-state index in [0.717, 1.165) is 32.1 Å². The van der Waals surface area contributed by atoms with Crippen LogP contribution >= 0.6 is 0 Å². The highest BCUT2D eigenvalue weighted by molar-refractivity contribution is 5.89. The van der Waals surface area contributed by atoms with Gasteiger partial charge >= 0.3 is 17.9 Å². The predicted molar refractivity (Wildman–Crippen MR) is 165 cm³/mol. The molecule has 2 atom stereocenters. The zero-order valence-corrected chi connectivity index (χ0v) is 26.7. The van der Waals surface area contributed by atoms with Gasteiger partial charge in [0.15, 0.2) is 11.9 Å². The van der Waals surface area contributed by atoms with Gasteiger partial charge in [-0.3, -0.25) is 9.59 Å². The molecule has 1 aliphatic rings. The maximum atomic E-state index is 12.5. The third-order valence-electron chi connectivity index (χ3n) is 7.94. The molecule has 0 aromatic heterocycles. The average Bonchev–Trinajstić information content (AvgIpc) is 3.23. The van der Waals surface area contributed by atoms with Crippen LogP contribution in [0.25, 0.3) is 0 Å². The minimum absolute atomic E-state index is 0.178. The van der Waals surface area contributed by atoms with Crippen molar-refractivity contribution in [2.75, 3.05) is 6.61 Å². The first-order valence-electron chi connectivity index (χ1n) is 17.1. The van der Waals surface area contributed by atoms with E-state index in [1.807, 2.05) is 0 Å². The Morgan fingerprint density at radius 3 is 1.40 bits per heavy atom. The first kappa shape index (κ1) is 37.8. The summed E-state index contributed by atoms with van der Waals surface area (Å²) in [6, 6.07) is 0. The van der Waals surface area contributed by atoms with Crippen LogP contribution in [0.5, 0.6) is 0 Å². The van der Waals surface area contributed by atoms with Crippen LogP contribution in [0.2, 0.25) is 0 Å². The first-order chi connectivity index (χ1) is 20.4. The molecule has 0 saturated carbocycles. The van der Waals surface area contributed by atoms with Crippen molar-refractivity contribution in [1.29, 1.82) is 0 Å². The van der Waals surface area contributed by atoms with E-state index in [9.17, 15) is 24.6 Å². The summed E-state index contributed by atoms with van der Waals surface area (Å²) in [5, 5.41) is 19.8. The summed E-state index contributed by atoms with van der Waals surface area (Å²) < 4.78 is 15.8. The molecule has 0 aromatic carbocycles. The number of esters is 3. The number of hydrogen-bond acceptors (Lipinski definition) is 8. The van der Waals surface area contributed by atoms with Crippen LogP contribution in [0.15, 0.2) is 11.5 Å². The smallest absolute Gasteiger partial charge is 0.378 e. The van der Waals surface area contributed by atoms with E-state index < -0.39 is 41.6 Å². The van der Waals surface area contributed by atoms with E-state index in [1.165, 1.54) is 96.3 Å². The van der Waals surface area contributed by atoms with Gasteiger partial charge in [0, 0.05) is 12.8 Å². The van der Waals surface area contributed by atoms with E-state index in [-0.39, 0.29) is 19.4 Å². The molecule has 0 saturated heterocycles.